The van der Waals surface area contributed by atoms with Crippen molar-refractivity contribution in [1.29, 1.82) is 0 Å². The Morgan fingerprint density at radius 1 is 1.23 bits per heavy atom. The van der Waals surface area contributed by atoms with Crippen LogP contribution in [0.3, 0.4) is 0 Å². The molecule has 1 saturated heterocycles. The third kappa shape index (κ3) is 6.60. The number of aliphatic hydroxyl groups is 2. The van der Waals surface area contributed by atoms with Crippen LogP contribution < -0.4 is 0 Å². The highest BCUT2D eigenvalue weighted by Gasteiger charge is 2.50. The Morgan fingerprint density at radius 3 is 2.54 bits per heavy atom. The summed E-state index contributed by atoms with van der Waals surface area (Å²) >= 11 is 1.58. The summed E-state index contributed by atoms with van der Waals surface area (Å²) in [6.07, 6.45) is 4.06. The Balaban J connectivity index is 1.85. The van der Waals surface area contributed by atoms with Gasteiger partial charge in [0.1, 0.15) is 11.9 Å². The van der Waals surface area contributed by atoms with E-state index < -0.39 is 35.6 Å². The molecule has 0 bridgehead atoms. The predicted octanol–water partition coefficient (Wildman–Crippen LogP) is 5.35. The molecule has 1 saturated carbocycles. The summed E-state index contributed by atoms with van der Waals surface area (Å²) in [6.45, 7) is 13.2. The van der Waals surface area contributed by atoms with Gasteiger partial charge in [-0.2, -0.15) is 0 Å². The molecular formula is C28H43NO5S. The van der Waals surface area contributed by atoms with Crippen LogP contribution in [0.15, 0.2) is 11.0 Å². The van der Waals surface area contributed by atoms with Crippen LogP contribution in [0.25, 0.3) is 6.08 Å². The number of hydrogen-bond acceptors (Lipinski definition) is 7. The molecule has 2 N–H and O–H groups in total. The molecule has 0 spiro atoms. The molecule has 7 heteroatoms. The Morgan fingerprint density at radius 2 is 1.91 bits per heavy atom. The van der Waals surface area contributed by atoms with Crippen molar-refractivity contribution in [3.63, 3.8) is 0 Å². The van der Waals surface area contributed by atoms with Crippen LogP contribution in [0.4, 0.5) is 0 Å². The molecule has 196 valence electrons. The number of rotatable bonds is 2. The van der Waals surface area contributed by atoms with Gasteiger partial charge in [0.25, 0.3) is 0 Å². The smallest absolute Gasteiger partial charge is 0.309 e. The minimum absolute atomic E-state index is 0.0138. The fourth-order valence-corrected chi connectivity index (χ4v) is 6.12. The minimum Gasteiger partial charge on any atom is -0.458 e. The Labute approximate surface area is 214 Å². The van der Waals surface area contributed by atoms with Crippen LogP contribution in [0.1, 0.15) is 90.8 Å². The highest BCUT2D eigenvalue weighted by Crippen LogP contribution is 2.58. The number of Topliss-reactive ketones (excluding diaryl/α,β-unsaturated/α-hetero) is 1. The zero-order valence-corrected chi connectivity index (χ0v) is 23.2. The van der Waals surface area contributed by atoms with Crippen LogP contribution in [-0.4, -0.2) is 45.3 Å². The van der Waals surface area contributed by atoms with Gasteiger partial charge in [0, 0.05) is 11.3 Å². The van der Waals surface area contributed by atoms with Gasteiger partial charge in [-0.25, -0.2) is 4.98 Å². The summed E-state index contributed by atoms with van der Waals surface area (Å²) in [7, 11) is 0. The van der Waals surface area contributed by atoms with Gasteiger partial charge < -0.3 is 14.9 Å². The molecule has 2 heterocycles. The standard InChI is InChI=1S/C28H43NO5S/c1-16-9-8-10-28(7)14-20(28)12-22(17(2)11-21-15-35-19(4)29-21)34-24(31)13-23(30)27(5,6)26(33)18(3)25(16)32/h11,15-16,18,20,22-23,25,30,32H,8-10,12-14H2,1-7H3/b17-11+/t16-,18+,20+,22-,23-,25?,28-/m0/s1. The number of ether oxygens (including phenoxy) is 1. The second kappa shape index (κ2) is 10.8. The van der Waals surface area contributed by atoms with Crippen molar-refractivity contribution in [2.24, 2.45) is 28.6 Å². The third-order valence-corrected chi connectivity index (χ3v) is 9.37. The van der Waals surface area contributed by atoms with Gasteiger partial charge in [-0.1, -0.05) is 41.0 Å². The fraction of sp³-hybridized carbons (Fsp3) is 0.750. The van der Waals surface area contributed by atoms with Crippen molar-refractivity contribution in [2.75, 3.05) is 0 Å². The van der Waals surface area contributed by atoms with Gasteiger partial charge in [0.05, 0.1) is 34.7 Å². The molecule has 0 radical (unpaired) electrons. The number of fused-ring (bicyclic) bond motifs is 1. The Bertz CT molecular complexity index is 953. The summed E-state index contributed by atoms with van der Waals surface area (Å²) in [5, 5.41) is 24.7. The van der Waals surface area contributed by atoms with Gasteiger partial charge in [-0.15, -0.1) is 11.3 Å². The van der Waals surface area contributed by atoms with E-state index in [1.807, 2.05) is 32.2 Å². The normalized spacial score (nSPS) is 37.5. The monoisotopic (exact) mass is 505 g/mol. The highest BCUT2D eigenvalue weighted by atomic mass is 32.1. The van der Waals surface area contributed by atoms with Crippen molar-refractivity contribution in [2.45, 2.75) is 105 Å². The number of thiazole rings is 1. The first-order valence-electron chi connectivity index (χ1n) is 12.9. The van der Waals surface area contributed by atoms with E-state index in [0.717, 1.165) is 48.4 Å². The molecule has 1 unspecified atom stereocenters. The number of carbonyl (C=O) groups excluding carboxylic acids is 2. The topological polar surface area (TPSA) is 96.7 Å². The van der Waals surface area contributed by atoms with E-state index in [2.05, 4.69) is 11.9 Å². The minimum atomic E-state index is -1.20. The maximum Gasteiger partial charge on any atom is 0.309 e. The zero-order chi connectivity index (χ0) is 26.1. The fourth-order valence-electron chi connectivity index (χ4n) is 5.55. The first kappa shape index (κ1) is 28.0. The predicted molar refractivity (Wildman–Crippen MR) is 139 cm³/mol. The quantitative estimate of drug-likeness (QED) is 0.526. The van der Waals surface area contributed by atoms with Crippen molar-refractivity contribution >= 4 is 29.2 Å². The van der Waals surface area contributed by atoms with Crippen LogP contribution in [-0.2, 0) is 14.3 Å². The lowest BCUT2D eigenvalue weighted by atomic mass is 9.73. The first-order chi connectivity index (χ1) is 16.2. The zero-order valence-electron chi connectivity index (χ0n) is 22.3. The molecule has 6 nitrogen and oxygen atoms in total. The van der Waals surface area contributed by atoms with Crippen LogP contribution in [0, 0.1) is 35.5 Å². The van der Waals surface area contributed by atoms with E-state index in [9.17, 15) is 19.8 Å². The maximum absolute atomic E-state index is 13.2. The van der Waals surface area contributed by atoms with E-state index in [0.29, 0.717) is 5.92 Å². The van der Waals surface area contributed by atoms with Crippen LogP contribution in [0.5, 0.6) is 0 Å². The van der Waals surface area contributed by atoms with E-state index in [4.69, 9.17) is 4.74 Å². The van der Waals surface area contributed by atoms with Gasteiger partial charge >= 0.3 is 5.97 Å². The lowest BCUT2D eigenvalue weighted by Crippen LogP contribution is -2.45. The second-order valence-corrected chi connectivity index (χ2v) is 13.0. The van der Waals surface area contributed by atoms with Crippen LogP contribution in [0.2, 0.25) is 0 Å². The average molecular weight is 506 g/mol. The number of carbonyl (C=O) groups is 2. The number of nitrogens with zero attached hydrogens (tertiary/aromatic N) is 1. The number of hydrogen-bond donors (Lipinski definition) is 2. The highest BCUT2D eigenvalue weighted by molar-refractivity contribution is 7.09. The number of esters is 1. The Kier molecular flexibility index (Phi) is 8.65. The number of aryl methyl sites for hydroxylation is 1. The van der Waals surface area contributed by atoms with Crippen molar-refractivity contribution in [3.05, 3.63) is 21.7 Å². The van der Waals surface area contributed by atoms with Gasteiger partial charge in [0.15, 0.2) is 0 Å². The molecule has 0 amide bonds. The molecule has 1 aromatic heterocycles. The average Bonchev–Trinajstić information content (AvgIpc) is 3.22. The molecule has 35 heavy (non-hydrogen) atoms. The largest absolute Gasteiger partial charge is 0.458 e. The molecule has 2 aliphatic rings. The van der Waals surface area contributed by atoms with E-state index in [1.165, 1.54) is 0 Å². The number of aliphatic hydroxyl groups excluding tert-OH is 2. The lowest BCUT2D eigenvalue weighted by Gasteiger charge is -2.34. The third-order valence-electron chi connectivity index (χ3n) is 8.58. The van der Waals surface area contributed by atoms with E-state index >= 15 is 0 Å². The molecule has 0 aromatic carbocycles. The summed E-state index contributed by atoms with van der Waals surface area (Å²) in [4.78, 5) is 30.7. The molecule has 1 aliphatic heterocycles. The van der Waals surface area contributed by atoms with Crippen LogP contribution >= 0.6 is 11.3 Å². The lowest BCUT2D eigenvalue weighted by molar-refractivity contribution is -0.154. The molecule has 1 aliphatic carbocycles. The van der Waals surface area contributed by atoms with Gasteiger partial charge in [-0.3, -0.25) is 9.59 Å². The molecule has 3 rings (SSSR count). The van der Waals surface area contributed by atoms with Crippen molar-refractivity contribution in [3.8, 4) is 0 Å². The first-order valence-corrected chi connectivity index (χ1v) is 13.8. The summed E-state index contributed by atoms with van der Waals surface area (Å²) in [5.41, 5.74) is 0.825. The summed E-state index contributed by atoms with van der Waals surface area (Å²) in [6, 6.07) is 0. The molecular weight excluding hydrogens is 462 g/mol. The molecule has 1 aromatic rings. The molecule has 7 atom stereocenters. The second-order valence-electron chi connectivity index (χ2n) is 11.9. The number of aromatic nitrogens is 1. The van der Waals surface area contributed by atoms with Crippen molar-refractivity contribution < 1.29 is 24.5 Å². The van der Waals surface area contributed by atoms with Gasteiger partial charge in [-0.05, 0) is 68.4 Å². The number of cyclic esters (lactones) is 1. The van der Waals surface area contributed by atoms with Gasteiger partial charge in [0.2, 0.25) is 0 Å². The summed E-state index contributed by atoms with van der Waals surface area (Å²) < 4.78 is 5.95. The van der Waals surface area contributed by atoms with Crippen molar-refractivity contribution in [1.82, 2.24) is 4.98 Å². The SMILES string of the molecule is C/C(=C\c1csc(C)n1)[C@@H]1C[C@@H]2C[C@]2(C)CCC[C@H](C)C(O)[C@@H](C)C(=O)C(C)(C)[C@@H](O)CC(=O)O1. The molecule has 2 fully saturated rings. The van der Waals surface area contributed by atoms with E-state index in [-0.39, 0.29) is 23.5 Å². The maximum atomic E-state index is 13.2. The number of ketones is 1. The van der Waals surface area contributed by atoms with E-state index in [1.54, 1.807) is 32.1 Å². The summed E-state index contributed by atoms with van der Waals surface area (Å²) in [5.74, 6) is -0.926. The Hall–Kier alpha value is -1.57.